The van der Waals surface area contributed by atoms with Crippen molar-refractivity contribution in [2.75, 3.05) is 32.7 Å². The number of carbonyl (C=O) groups excluding carboxylic acids is 12. The Labute approximate surface area is 660 Å². The molecule has 0 aliphatic rings. The highest BCUT2D eigenvalue weighted by atomic mass is 16.2. The second-order valence-corrected chi connectivity index (χ2v) is 29.1. The lowest BCUT2D eigenvalue weighted by Crippen LogP contribution is -2.62. The summed E-state index contributed by atoms with van der Waals surface area (Å²) in [5, 5.41) is 30.6. The van der Waals surface area contributed by atoms with Crippen molar-refractivity contribution < 1.29 is 57.5 Å². The van der Waals surface area contributed by atoms with Gasteiger partial charge in [-0.3, -0.25) is 82.5 Å². The first-order chi connectivity index (χ1) is 53.1. The van der Waals surface area contributed by atoms with Gasteiger partial charge in [-0.05, 0) is 119 Å². The Morgan fingerprint density at radius 3 is 1.05 bits per heavy atom. The first-order valence-corrected chi connectivity index (χ1v) is 38.3. The maximum atomic E-state index is 15.0. The minimum Gasteiger partial charge on any atom is -0.370 e. The zero-order chi connectivity index (χ0) is 85.4. The molecule has 41 nitrogen and oxygen atoms in total. The average Bonchev–Trinajstić information content (AvgIpc) is 1.68. The molecule has 0 saturated heterocycles. The van der Waals surface area contributed by atoms with E-state index >= 15 is 0 Å². The number of para-hydroxylation sites is 1. The molecular formula is C72H129N29O12. The number of rotatable bonds is 53. The Morgan fingerprint density at radius 1 is 0.345 bits per heavy atom. The Hall–Kier alpha value is -11.3. The zero-order valence-electron chi connectivity index (χ0n) is 67.2. The van der Waals surface area contributed by atoms with Crippen LogP contribution in [0.4, 0.5) is 0 Å². The molecule has 14 atom stereocenters. The van der Waals surface area contributed by atoms with E-state index < -0.39 is 167 Å². The molecule has 2 aromatic rings. The van der Waals surface area contributed by atoms with Gasteiger partial charge in [0.15, 0.2) is 29.8 Å². The van der Waals surface area contributed by atoms with E-state index in [1.165, 1.54) is 6.92 Å². The number of hydrogen-bond acceptors (Lipinski definition) is 18. The Balaban J connectivity index is 2.55. The van der Waals surface area contributed by atoms with Crippen LogP contribution in [0.2, 0.25) is 0 Å². The van der Waals surface area contributed by atoms with Gasteiger partial charge in [0.1, 0.15) is 66.5 Å². The number of aromatic amines is 1. The summed E-state index contributed by atoms with van der Waals surface area (Å²) in [4.78, 5) is 194. The smallest absolute Gasteiger partial charge is 0.243 e. The van der Waals surface area contributed by atoms with Gasteiger partial charge in [-0.15, -0.1) is 0 Å². The van der Waals surface area contributed by atoms with E-state index in [2.05, 4.69) is 88.4 Å². The first-order valence-electron chi connectivity index (χ1n) is 38.3. The standard InChI is InChI=1S/C72H129N29O12/c1-12-39(9)54(66(112)97-50(34-42-35-90-44-23-15-14-22-43(42)44)62(108)94-47(26-19-31-87-70(79)80)58(104)92-45(56(74)102)25-18-30-86-69(77)78)100-61(107)49(28-21-33-89-72(83)84)96-65(111)53(38(7)8)98-57(103)41(11)91-64(110)52(37(5)6)99-67(113)55(40(10)13-2)101-60(106)46(24-16-17-29-85-68(75)76)93-59(105)48(27-20-32-88-71(81)82)95-63(109)51(73)36(3)4/h14-15,22-23,35-41,45-55,90H,12-13,16-21,24-34,73H2,1-11H3,(H2,74,102)(H,91,110)(H,92,104)(H,93,105)(H,94,108)(H,95,109)(H,96,111)(H,97,112)(H,98,103)(H,99,113)(H,100,107)(H,101,106)(H4,75,76,85)(H4,77,78,86)(H4,79,80,87)(H4,81,82,88)(H4,83,84,89)/t39-,40-,41-,45-,46-,47-,48-,49-,50-,51-,52-,53-,54-,55-/m0/s1. The van der Waals surface area contributed by atoms with Gasteiger partial charge in [-0.1, -0.05) is 100 Å². The molecule has 0 fully saturated rings. The highest BCUT2D eigenvalue weighted by molar-refractivity contribution is 6.00. The van der Waals surface area contributed by atoms with Crippen molar-refractivity contribution in [2.45, 2.75) is 239 Å². The van der Waals surface area contributed by atoms with Crippen LogP contribution in [0.3, 0.4) is 0 Å². The van der Waals surface area contributed by atoms with E-state index in [1.54, 1.807) is 93.6 Å². The lowest BCUT2D eigenvalue weighted by Gasteiger charge is -2.31. The van der Waals surface area contributed by atoms with E-state index in [0.29, 0.717) is 42.1 Å². The number of fused-ring (bicyclic) bond motifs is 1. The number of nitrogens with two attached hydrogens (primary N) is 12. The van der Waals surface area contributed by atoms with Crippen molar-refractivity contribution in [3.8, 4) is 0 Å². The summed E-state index contributed by atoms with van der Waals surface area (Å²) in [6.07, 6.45) is 3.47. The van der Waals surface area contributed by atoms with Crippen LogP contribution in [0.1, 0.15) is 165 Å². The molecule has 0 bridgehead atoms. The molecule has 0 aliphatic heterocycles. The van der Waals surface area contributed by atoms with Crippen LogP contribution in [-0.2, 0) is 64.0 Å². The highest BCUT2D eigenvalue weighted by Crippen LogP contribution is 2.21. The van der Waals surface area contributed by atoms with Crippen LogP contribution >= 0.6 is 0 Å². The molecule has 0 aliphatic carbocycles. The van der Waals surface area contributed by atoms with Gasteiger partial charge in [-0.2, -0.15) is 0 Å². The third-order valence-electron chi connectivity index (χ3n) is 18.8. The fourth-order valence-corrected chi connectivity index (χ4v) is 11.6. The second-order valence-electron chi connectivity index (χ2n) is 29.1. The van der Waals surface area contributed by atoms with Crippen LogP contribution in [0.5, 0.6) is 0 Å². The number of benzene rings is 1. The fraction of sp³-hybridized carbons (Fsp3) is 0.653. The third-order valence-corrected chi connectivity index (χ3v) is 18.8. The summed E-state index contributed by atoms with van der Waals surface area (Å²) in [7, 11) is 0. The van der Waals surface area contributed by atoms with Crippen LogP contribution < -0.4 is 127 Å². The fourth-order valence-electron chi connectivity index (χ4n) is 11.6. The van der Waals surface area contributed by atoms with Gasteiger partial charge in [0.25, 0.3) is 0 Å². The van der Waals surface area contributed by atoms with Crippen molar-refractivity contribution in [1.29, 1.82) is 0 Å². The van der Waals surface area contributed by atoms with Gasteiger partial charge in [0.2, 0.25) is 70.9 Å². The highest BCUT2D eigenvalue weighted by Gasteiger charge is 2.39. The molecule has 0 spiro atoms. The lowest BCUT2D eigenvalue weighted by molar-refractivity contribution is -0.137. The number of aromatic nitrogens is 1. The summed E-state index contributed by atoms with van der Waals surface area (Å²) >= 11 is 0. The normalized spacial score (nSPS) is 14.9. The van der Waals surface area contributed by atoms with Crippen LogP contribution in [0.25, 0.3) is 10.9 Å². The molecular weight excluding hydrogens is 1460 g/mol. The van der Waals surface area contributed by atoms with E-state index in [0.717, 1.165) is 0 Å². The molecule has 0 saturated carbocycles. The van der Waals surface area contributed by atoms with Gasteiger partial charge in [-0.25, -0.2) is 0 Å². The number of H-pyrrole nitrogens is 1. The molecule has 41 heteroatoms. The molecule has 1 aromatic carbocycles. The van der Waals surface area contributed by atoms with Crippen molar-refractivity contribution in [2.24, 2.45) is 123 Å². The topological polar surface area (TPSA) is 727 Å². The Morgan fingerprint density at radius 2 is 0.655 bits per heavy atom. The van der Waals surface area contributed by atoms with Crippen LogP contribution in [-0.4, -0.2) is 211 Å². The predicted molar refractivity (Wildman–Crippen MR) is 434 cm³/mol. The number of amides is 12. The molecule has 36 N–H and O–H groups in total. The molecule has 1 heterocycles. The van der Waals surface area contributed by atoms with Crippen molar-refractivity contribution in [3.05, 3.63) is 36.0 Å². The minimum atomic E-state index is -1.45. The molecule has 2 rings (SSSR count). The number of unbranched alkanes of at least 4 members (excludes halogenated alkanes) is 1. The maximum absolute atomic E-state index is 15.0. The van der Waals surface area contributed by atoms with Gasteiger partial charge in [0.05, 0.1) is 6.04 Å². The molecule has 113 heavy (non-hydrogen) atoms. The summed E-state index contributed by atoms with van der Waals surface area (Å²) in [5.74, 6) is -13.4. The predicted octanol–water partition coefficient (Wildman–Crippen LogP) is -5.41. The summed E-state index contributed by atoms with van der Waals surface area (Å²) in [6.45, 7) is 18.7. The average molecular weight is 1590 g/mol. The number of nitrogens with one attached hydrogen (secondary N) is 12. The number of hydrogen-bond donors (Lipinski definition) is 24. The second kappa shape index (κ2) is 50.6. The van der Waals surface area contributed by atoms with Crippen LogP contribution in [0.15, 0.2) is 55.4 Å². The summed E-state index contributed by atoms with van der Waals surface area (Å²) < 4.78 is 0. The Bertz CT molecular complexity index is 3600. The van der Waals surface area contributed by atoms with E-state index in [1.807, 2.05) is 6.07 Å². The number of nitrogens with zero attached hydrogens (tertiary/aromatic N) is 5. The molecule has 12 amide bonds. The third kappa shape index (κ3) is 36.2. The quantitative estimate of drug-likeness (QED) is 0.0167. The molecule has 0 unspecified atom stereocenters. The monoisotopic (exact) mass is 1590 g/mol. The largest absolute Gasteiger partial charge is 0.370 e. The number of carbonyl (C=O) groups is 12. The van der Waals surface area contributed by atoms with Crippen molar-refractivity contribution >= 4 is 112 Å². The van der Waals surface area contributed by atoms with Gasteiger partial charge >= 0.3 is 0 Å². The maximum Gasteiger partial charge on any atom is 0.243 e. The van der Waals surface area contributed by atoms with Gasteiger partial charge in [0, 0.05) is 56.2 Å². The number of guanidine groups is 5. The van der Waals surface area contributed by atoms with Gasteiger partial charge < -0.3 is 132 Å². The van der Waals surface area contributed by atoms with Crippen LogP contribution in [0, 0.1) is 29.6 Å². The SMILES string of the molecule is CC[C@H](C)[C@H](NC(=O)[C@H](CCCN=C(N)N)NC(=O)[C@@H](NC(=O)[C@H](C)NC(=O)[C@@H](NC(=O)[C@@H](NC(=O)[C@H](CCCCN=C(N)N)NC(=O)[C@H](CCCN=C(N)N)NC(=O)[C@@H](N)C(C)C)[C@@H](C)CC)C(C)C)C(C)C)C(=O)N[C@@H](Cc1c[nH]c2ccccc12)C(=O)N[C@@H](CCCN=C(N)N)C(=O)N[C@@H](CCCN=C(N)N)C(N)=O. The number of aliphatic imine (C=N–C) groups is 5. The van der Waals surface area contributed by atoms with E-state index in [4.69, 9.17) is 68.8 Å². The molecule has 1 aromatic heterocycles. The lowest BCUT2D eigenvalue weighted by atomic mass is 9.95. The molecule has 0 radical (unpaired) electrons. The van der Waals surface area contributed by atoms with E-state index in [-0.39, 0.29) is 133 Å². The summed E-state index contributed by atoms with van der Waals surface area (Å²) in [6, 6.07) is -8.50. The molecule has 634 valence electrons. The Kier molecular flexibility index (Phi) is 43.8. The summed E-state index contributed by atoms with van der Waals surface area (Å²) in [5.41, 5.74) is 68.6. The van der Waals surface area contributed by atoms with Crippen molar-refractivity contribution in [1.82, 2.24) is 63.5 Å². The first kappa shape index (κ1) is 97.8. The minimum absolute atomic E-state index is 0.00232. The zero-order valence-corrected chi connectivity index (χ0v) is 67.2. The number of primary amides is 1. The van der Waals surface area contributed by atoms with E-state index in [9.17, 15) is 57.5 Å². The van der Waals surface area contributed by atoms with Crippen molar-refractivity contribution in [3.63, 3.8) is 0 Å².